The van der Waals surface area contributed by atoms with Gasteiger partial charge in [0, 0.05) is 11.6 Å². The van der Waals surface area contributed by atoms with Crippen LogP contribution in [0.5, 0.6) is 0 Å². The fourth-order valence-corrected chi connectivity index (χ4v) is 3.38. The van der Waals surface area contributed by atoms with Crippen LogP contribution < -0.4 is 0 Å². The van der Waals surface area contributed by atoms with Gasteiger partial charge in [0.25, 0.3) is 0 Å². The van der Waals surface area contributed by atoms with Crippen LogP contribution in [0, 0.1) is 0 Å². The van der Waals surface area contributed by atoms with Crippen molar-refractivity contribution in [2.75, 3.05) is 19.8 Å². The van der Waals surface area contributed by atoms with Gasteiger partial charge in [-0.05, 0) is 24.3 Å². The third-order valence-electron chi connectivity index (χ3n) is 2.68. The highest BCUT2D eigenvalue weighted by molar-refractivity contribution is 7.89. The van der Waals surface area contributed by atoms with Crippen LogP contribution in [-0.4, -0.2) is 44.7 Å². The topological polar surface area (TPSA) is 76.0 Å². The predicted octanol–water partition coefficient (Wildman–Crippen LogP) is 1.02. The molecule has 1 aromatic carbocycles. The minimum absolute atomic E-state index is 0.0437. The minimum Gasteiger partial charge on any atom is -0.376 e. The summed E-state index contributed by atoms with van der Waals surface area (Å²) in [5.41, 5.74) is 0. The van der Waals surface area contributed by atoms with Gasteiger partial charge < -0.3 is 4.74 Å². The standard InChI is InChI=1S/C11H11ClN2O4S/c12-9-1-3-10(4-2-9)19(16,17)14-5-6-18-7-11(14)13-8-15/h1-4,11H,5-7H2. The van der Waals surface area contributed by atoms with Crippen LogP contribution in [-0.2, 0) is 19.6 Å². The van der Waals surface area contributed by atoms with Gasteiger partial charge in [-0.1, -0.05) is 11.6 Å². The summed E-state index contributed by atoms with van der Waals surface area (Å²) in [6.07, 6.45) is 0.499. The normalized spacial score (nSPS) is 20.8. The molecule has 0 N–H and O–H groups in total. The first-order valence-corrected chi connectivity index (χ1v) is 7.29. The van der Waals surface area contributed by atoms with Crippen molar-refractivity contribution >= 4 is 27.7 Å². The third-order valence-corrected chi connectivity index (χ3v) is 4.84. The molecule has 1 aliphatic rings. The molecule has 0 spiro atoms. The van der Waals surface area contributed by atoms with E-state index in [-0.39, 0.29) is 24.7 Å². The molecule has 0 bridgehead atoms. The van der Waals surface area contributed by atoms with Gasteiger partial charge in [-0.3, -0.25) is 0 Å². The molecule has 0 radical (unpaired) electrons. The third kappa shape index (κ3) is 3.02. The van der Waals surface area contributed by atoms with Crippen molar-refractivity contribution in [3.63, 3.8) is 0 Å². The molecule has 1 unspecified atom stereocenters. The molecule has 0 saturated carbocycles. The maximum absolute atomic E-state index is 12.4. The molecule has 1 atom stereocenters. The van der Waals surface area contributed by atoms with Crippen LogP contribution in [0.25, 0.3) is 0 Å². The van der Waals surface area contributed by atoms with Crippen molar-refractivity contribution in [2.45, 2.75) is 11.1 Å². The molecular formula is C11H11ClN2O4S. The maximum Gasteiger partial charge on any atom is 0.245 e. The Kier molecular flexibility index (Phi) is 4.34. The summed E-state index contributed by atoms with van der Waals surface area (Å²) in [7, 11) is -3.73. The van der Waals surface area contributed by atoms with Gasteiger partial charge in [0.1, 0.15) is 0 Å². The van der Waals surface area contributed by atoms with Crippen molar-refractivity contribution in [2.24, 2.45) is 4.99 Å². The van der Waals surface area contributed by atoms with Crippen LogP contribution in [0.3, 0.4) is 0 Å². The Hall–Kier alpha value is -1.24. The van der Waals surface area contributed by atoms with Crippen LogP contribution >= 0.6 is 11.6 Å². The lowest BCUT2D eigenvalue weighted by Crippen LogP contribution is -2.47. The molecule has 0 aliphatic carbocycles. The van der Waals surface area contributed by atoms with E-state index in [2.05, 4.69) is 4.99 Å². The number of morpholine rings is 1. The average Bonchev–Trinajstić information content (AvgIpc) is 2.40. The quantitative estimate of drug-likeness (QED) is 0.617. The second-order valence-corrected chi connectivity index (χ2v) is 6.17. The fraction of sp³-hybridized carbons (Fsp3) is 0.364. The summed E-state index contributed by atoms with van der Waals surface area (Å²) in [6.45, 7) is 0.445. The number of halogens is 1. The first-order chi connectivity index (χ1) is 9.05. The number of aliphatic imine (C=N–C) groups is 1. The molecule has 19 heavy (non-hydrogen) atoms. The molecule has 2 rings (SSSR count). The molecule has 1 aromatic rings. The number of hydrogen-bond acceptors (Lipinski definition) is 5. The lowest BCUT2D eigenvalue weighted by molar-refractivity contribution is 0.0359. The molecule has 102 valence electrons. The summed E-state index contributed by atoms with van der Waals surface area (Å²) < 4.78 is 31.1. The molecular weight excluding hydrogens is 292 g/mol. The number of isocyanates is 1. The summed E-state index contributed by atoms with van der Waals surface area (Å²) >= 11 is 5.73. The van der Waals surface area contributed by atoms with Crippen molar-refractivity contribution < 1.29 is 17.9 Å². The zero-order chi connectivity index (χ0) is 13.9. The zero-order valence-electron chi connectivity index (χ0n) is 9.82. The van der Waals surface area contributed by atoms with Gasteiger partial charge in [0.05, 0.1) is 18.1 Å². The number of ether oxygens (including phenoxy) is 1. The van der Waals surface area contributed by atoms with Crippen LogP contribution in [0.2, 0.25) is 5.02 Å². The van der Waals surface area contributed by atoms with E-state index in [1.807, 2.05) is 0 Å². The maximum atomic E-state index is 12.4. The van der Waals surface area contributed by atoms with Gasteiger partial charge >= 0.3 is 0 Å². The second-order valence-electron chi connectivity index (χ2n) is 3.85. The van der Waals surface area contributed by atoms with Crippen molar-refractivity contribution in [3.05, 3.63) is 29.3 Å². The Balaban J connectivity index is 2.36. The smallest absolute Gasteiger partial charge is 0.245 e. The number of hydrogen-bond donors (Lipinski definition) is 0. The van der Waals surface area contributed by atoms with E-state index in [1.54, 1.807) is 0 Å². The van der Waals surface area contributed by atoms with Gasteiger partial charge in [-0.25, -0.2) is 13.2 Å². The van der Waals surface area contributed by atoms with Crippen LogP contribution in [0.4, 0.5) is 0 Å². The van der Waals surface area contributed by atoms with E-state index in [0.717, 1.165) is 4.31 Å². The fourth-order valence-electron chi connectivity index (χ4n) is 1.76. The van der Waals surface area contributed by atoms with E-state index < -0.39 is 16.2 Å². The molecule has 1 saturated heterocycles. The predicted molar refractivity (Wildman–Crippen MR) is 68.1 cm³/mol. The second kappa shape index (κ2) is 5.81. The zero-order valence-corrected chi connectivity index (χ0v) is 11.4. The van der Waals surface area contributed by atoms with E-state index in [4.69, 9.17) is 16.3 Å². The average molecular weight is 303 g/mol. The number of rotatable bonds is 3. The van der Waals surface area contributed by atoms with E-state index in [9.17, 15) is 13.2 Å². The molecule has 1 aliphatic heterocycles. The van der Waals surface area contributed by atoms with Gasteiger partial charge in [0.15, 0.2) is 6.17 Å². The highest BCUT2D eigenvalue weighted by Crippen LogP contribution is 2.22. The number of nitrogens with zero attached hydrogens (tertiary/aromatic N) is 2. The van der Waals surface area contributed by atoms with Gasteiger partial charge in [-0.2, -0.15) is 9.30 Å². The van der Waals surface area contributed by atoms with Gasteiger partial charge in [0.2, 0.25) is 16.1 Å². The molecule has 1 fully saturated rings. The summed E-state index contributed by atoms with van der Waals surface area (Å²) in [5, 5.41) is 0.448. The molecule has 0 amide bonds. The highest BCUT2D eigenvalue weighted by atomic mass is 35.5. The SMILES string of the molecule is O=C=NC1COCCN1S(=O)(=O)c1ccc(Cl)cc1. The number of carbonyl (C=O) groups excluding carboxylic acids is 1. The first-order valence-electron chi connectivity index (χ1n) is 5.48. The number of benzene rings is 1. The monoisotopic (exact) mass is 302 g/mol. The van der Waals surface area contributed by atoms with Crippen LogP contribution in [0.1, 0.15) is 0 Å². The Morgan fingerprint density at radius 3 is 2.68 bits per heavy atom. The lowest BCUT2D eigenvalue weighted by Gasteiger charge is -2.30. The lowest BCUT2D eigenvalue weighted by atomic mass is 10.4. The van der Waals surface area contributed by atoms with Crippen LogP contribution in [0.15, 0.2) is 34.2 Å². The van der Waals surface area contributed by atoms with E-state index in [0.29, 0.717) is 5.02 Å². The largest absolute Gasteiger partial charge is 0.376 e. The molecule has 0 aromatic heterocycles. The molecule has 1 heterocycles. The Morgan fingerprint density at radius 2 is 2.05 bits per heavy atom. The first kappa shape index (κ1) is 14.2. The summed E-state index contributed by atoms with van der Waals surface area (Å²) in [4.78, 5) is 13.9. The van der Waals surface area contributed by atoms with E-state index in [1.165, 1.54) is 30.3 Å². The Bertz CT molecular complexity index is 596. The molecule has 6 nitrogen and oxygen atoms in total. The Labute approximate surface area is 115 Å². The number of sulfonamides is 1. The summed E-state index contributed by atoms with van der Waals surface area (Å²) in [6, 6.07) is 5.81. The van der Waals surface area contributed by atoms with Crippen molar-refractivity contribution in [1.82, 2.24) is 4.31 Å². The van der Waals surface area contributed by atoms with E-state index >= 15 is 0 Å². The molecule has 8 heteroatoms. The van der Waals surface area contributed by atoms with Crippen molar-refractivity contribution in [1.29, 1.82) is 0 Å². The highest BCUT2D eigenvalue weighted by Gasteiger charge is 2.34. The van der Waals surface area contributed by atoms with Gasteiger partial charge in [-0.15, -0.1) is 0 Å². The Morgan fingerprint density at radius 1 is 1.37 bits per heavy atom. The van der Waals surface area contributed by atoms with Crippen molar-refractivity contribution in [3.8, 4) is 0 Å². The summed E-state index contributed by atoms with van der Waals surface area (Å²) in [5.74, 6) is 0. The minimum atomic E-state index is -3.73.